The fraction of sp³-hybridized carbons (Fsp3) is 0.500. The minimum Gasteiger partial charge on any atom is -0.780 e. The Morgan fingerprint density at radius 2 is 2.06 bits per heavy atom. The molecule has 0 saturated heterocycles. The Balaban J connectivity index is 0.00000256. The van der Waals surface area contributed by atoms with Crippen molar-refractivity contribution in [3.8, 4) is 0 Å². The number of aliphatic hydroxyl groups excluding tert-OH is 3. The van der Waals surface area contributed by atoms with Gasteiger partial charge in [-0.15, -0.1) is 0 Å². The van der Waals surface area contributed by atoms with Crippen LogP contribution < -0.4 is 9.79 Å². The summed E-state index contributed by atoms with van der Waals surface area (Å²) in [4.78, 5) is 31.4. The summed E-state index contributed by atoms with van der Waals surface area (Å²) in [6.45, 7) is -0.846. The predicted molar refractivity (Wildman–Crippen MR) is 41.3 cm³/mol. The molecule has 0 fully saturated rings. The van der Waals surface area contributed by atoms with Crippen molar-refractivity contribution in [3.63, 3.8) is 0 Å². The molecule has 1 aliphatic rings. The van der Waals surface area contributed by atoms with Gasteiger partial charge in [0.1, 0.15) is 13.9 Å². The average Bonchev–Trinajstić information content (AvgIpc) is 2.42. The Labute approximate surface area is 108 Å². The van der Waals surface area contributed by atoms with E-state index < -0.39 is 44.1 Å². The zero-order valence-electron chi connectivity index (χ0n) is 8.31. The van der Waals surface area contributed by atoms with Gasteiger partial charge >= 0.3 is 25.4 Å². The van der Waals surface area contributed by atoms with E-state index in [1.165, 1.54) is 0 Å². The van der Waals surface area contributed by atoms with Crippen molar-refractivity contribution < 1.29 is 63.2 Å². The molecule has 9 nitrogen and oxygen atoms in total. The van der Waals surface area contributed by atoms with Gasteiger partial charge in [-0.05, 0) is 0 Å². The fourth-order valence-electron chi connectivity index (χ4n) is 1.01. The maximum atomic E-state index is 10.9. The van der Waals surface area contributed by atoms with Crippen LogP contribution in [0.4, 0.5) is 0 Å². The molecular formula is C6H7O9PZn. The second-order valence-corrected chi connectivity index (χ2v) is 3.91. The van der Waals surface area contributed by atoms with Crippen LogP contribution in [0.2, 0.25) is 0 Å². The molecule has 0 radical (unpaired) electrons. The first-order valence-corrected chi connectivity index (χ1v) is 5.37. The van der Waals surface area contributed by atoms with Gasteiger partial charge in [-0.3, -0.25) is 0 Å². The van der Waals surface area contributed by atoms with Crippen LogP contribution in [0.1, 0.15) is 0 Å². The number of ether oxygens (including phenoxy) is 1. The summed E-state index contributed by atoms with van der Waals surface area (Å²) in [7, 11) is -5.52. The predicted octanol–water partition coefficient (Wildman–Crippen LogP) is -3.12. The molecule has 1 heterocycles. The van der Waals surface area contributed by atoms with Gasteiger partial charge in [-0.25, -0.2) is 4.79 Å². The number of cyclic esters (lactones) is 1. The summed E-state index contributed by atoms with van der Waals surface area (Å²) >= 11 is 0. The topological polar surface area (TPSA) is 159 Å². The summed E-state index contributed by atoms with van der Waals surface area (Å²) in [5, 5.41) is 26.8. The molecule has 0 amide bonds. The summed E-state index contributed by atoms with van der Waals surface area (Å²) in [6.07, 6.45) is -3.30. The smallest absolute Gasteiger partial charge is 0.780 e. The summed E-state index contributed by atoms with van der Waals surface area (Å²) < 4.78 is 18.2. The van der Waals surface area contributed by atoms with Crippen molar-refractivity contribution in [2.24, 2.45) is 0 Å². The molecule has 17 heavy (non-hydrogen) atoms. The molecule has 3 N–H and O–H groups in total. The van der Waals surface area contributed by atoms with Gasteiger partial charge < -0.3 is 38.9 Å². The van der Waals surface area contributed by atoms with Gasteiger partial charge in [0.05, 0.1) is 6.61 Å². The van der Waals surface area contributed by atoms with Crippen LogP contribution >= 0.6 is 7.82 Å². The fourth-order valence-corrected chi connectivity index (χ4v) is 1.40. The van der Waals surface area contributed by atoms with E-state index in [2.05, 4.69) is 9.26 Å². The van der Waals surface area contributed by atoms with Gasteiger partial charge in [0.2, 0.25) is 0 Å². The molecule has 0 unspecified atom stereocenters. The van der Waals surface area contributed by atoms with Crippen LogP contribution in [0.3, 0.4) is 0 Å². The van der Waals surface area contributed by atoms with E-state index >= 15 is 0 Å². The van der Waals surface area contributed by atoms with Gasteiger partial charge in [0.25, 0.3) is 5.76 Å². The standard InChI is InChI=1S/C6H9O9P.Zn/c7-1-2(8)4-3(9)5(6(10)14-4)15-16(11,12)13;/h2,4,7-9H,1H2,(H2,11,12,13);/q;+2/p-2/t2-,4+;/m0./s1. The van der Waals surface area contributed by atoms with E-state index in [9.17, 15) is 24.3 Å². The van der Waals surface area contributed by atoms with Crippen molar-refractivity contribution in [2.75, 3.05) is 6.61 Å². The molecule has 92 valence electrons. The second kappa shape index (κ2) is 5.90. The molecule has 0 aromatic carbocycles. The van der Waals surface area contributed by atoms with Crippen molar-refractivity contribution in [3.05, 3.63) is 11.5 Å². The zero-order valence-corrected chi connectivity index (χ0v) is 12.2. The molecule has 1 rings (SSSR count). The van der Waals surface area contributed by atoms with Crippen molar-refractivity contribution in [1.82, 2.24) is 0 Å². The molecule has 0 spiro atoms. The largest absolute Gasteiger partial charge is 2.00 e. The number of phosphoric acid groups is 1. The van der Waals surface area contributed by atoms with Crippen molar-refractivity contribution in [1.29, 1.82) is 0 Å². The third kappa shape index (κ3) is 4.02. The Hall–Kier alpha value is -0.497. The van der Waals surface area contributed by atoms with E-state index in [1.54, 1.807) is 0 Å². The third-order valence-electron chi connectivity index (χ3n) is 1.66. The normalized spacial score (nSPS) is 21.9. The van der Waals surface area contributed by atoms with Crippen LogP contribution in [0.5, 0.6) is 0 Å². The van der Waals surface area contributed by atoms with Gasteiger partial charge in [0, 0.05) is 0 Å². The first-order chi connectivity index (χ1) is 7.26. The first-order valence-electron chi connectivity index (χ1n) is 3.91. The number of rotatable bonds is 4. The third-order valence-corrected chi connectivity index (χ3v) is 2.07. The average molecular weight is 319 g/mol. The SMILES string of the molecule is O=C1O[C@H]([C@@H](O)CO)C(O)=C1OP(=O)([O-])[O-].[Zn+2]. The van der Waals surface area contributed by atoms with E-state index in [4.69, 9.17) is 10.2 Å². The van der Waals surface area contributed by atoms with E-state index in [-0.39, 0.29) is 19.5 Å². The molecule has 0 bridgehead atoms. The van der Waals surface area contributed by atoms with Crippen LogP contribution in [-0.4, -0.2) is 40.1 Å². The van der Waals surface area contributed by atoms with Gasteiger partial charge in [-0.2, -0.15) is 0 Å². The second-order valence-electron chi connectivity index (χ2n) is 2.83. The number of aliphatic hydroxyl groups is 3. The first kappa shape index (κ1) is 16.5. The zero-order chi connectivity index (χ0) is 12.5. The number of carbonyl (C=O) groups is 1. The molecule has 0 aromatic heterocycles. The molecular weight excluding hydrogens is 312 g/mol. The van der Waals surface area contributed by atoms with Gasteiger partial charge in [-0.1, -0.05) is 0 Å². The summed E-state index contributed by atoms with van der Waals surface area (Å²) in [5.41, 5.74) is 0. The Morgan fingerprint density at radius 3 is 2.47 bits per heavy atom. The monoisotopic (exact) mass is 318 g/mol. The number of phosphoric ester groups is 1. The van der Waals surface area contributed by atoms with E-state index in [0.717, 1.165) is 0 Å². The molecule has 0 aromatic rings. The summed E-state index contributed by atoms with van der Waals surface area (Å²) in [5.74, 6) is -3.67. The van der Waals surface area contributed by atoms with Crippen molar-refractivity contribution >= 4 is 13.8 Å². The molecule has 1 aliphatic heterocycles. The van der Waals surface area contributed by atoms with Gasteiger partial charge in [0.15, 0.2) is 11.9 Å². The molecule has 11 heteroatoms. The number of hydrogen-bond acceptors (Lipinski definition) is 9. The maximum Gasteiger partial charge on any atom is 2.00 e. The van der Waals surface area contributed by atoms with E-state index in [0.29, 0.717) is 0 Å². The Bertz CT molecular complexity index is 374. The maximum absolute atomic E-state index is 10.9. The van der Waals surface area contributed by atoms with Crippen LogP contribution in [0.25, 0.3) is 0 Å². The van der Waals surface area contributed by atoms with E-state index in [1.807, 2.05) is 0 Å². The minimum atomic E-state index is -5.52. The molecule has 0 aliphatic carbocycles. The Kier molecular flexibility index (Phi) is 5.73. The number of carbonyl (C=O) groups excluding carboxylic acids is 1. The molecule has 0 saturated carbocycles. The minimum absolute atomic E-state index is 0. The van der Waals surface area contributed by atoms with Crippen LogP contribution in [-0.2, 0) is 38.1 Å². The quantitative estimate of drug-likeness (QED) is 0.276. The molecule has 2 atom stereocenters. The number of esters is 1. The number of hydrogen-bond donors (Lipinski definition) is 3. The van der Waals surface area contributed by atoms with Crippen LogP contribution in [0.15, 0.2) is 11.5 Å². The Morgan fingerprint density at radius 1 is 1.53 bits per heavy atom. The van der Waals surface area contributed by atoms with Crippen molar-refractivity contribution in [2.45, 2.75) is 12.2 Å². The van der Waals surface area contributed by atoms with Crippen LogP contribution in [0, 0.1) is 0 Å². The summed E-state index contributed by atoms with van der Waals surface area (Å²) in [6, 6.07) is 0.